The minimum Gasteiger partial charge on any atom is -0.387 e. The van der Waals surface area contributed by atoms with Crippen LogP contribution in [0.5, 0.6) is 0 Å². The lowest BCUT2D eigenvalue weighted by atomic mass is 9.66. The highest BCUT2D eigenvalue weighted by Gasteiger charge is 2.42. The fourth-order valence-electron chi connectivity index (χ4n) is 3.34. The molecule has 1 unspecified atom stereocenters. The predicted octanol–water partition coefficient (Wildman–Crippen LogP) is 5.53. The Hall–Kier alpha value is -0.750. The van der Waals surface area contributed by atoms with Crippen LogP contribution in [0.25, 0.3) is 0 Å². The molecular weight excluding hydrogens is 305 g/mol. The zero-order valence-electron chi connectivity index (χ0n) is 12.3. The van der Waals surface area contributed by atoms with E-state index in [0.717, 1.165) is 25.7 Å². The lowest BCUT2D eigenvalue weighted by Gasteiger charge is -2.38. The second-order valence-electron chi connectivity index (χ2n) is 6.08. The standard InChI is InChI=1S/C17H21Cl2NO/c1-2-3-12-6-8-17(11-20,9-7-12)16(21)13-4-5-14(18)15(19)10-13/h4-5,10,12,16,21H,2-3,6-9H2,1H3. The average molecular weight is 326 g/mol. The summed E-state index contributed by atoms with van der Waals surface area (Å²) in [6.45, 7) is 2.19. The van der Waals surface area contributed by atoms with Gasteiger partial charge < -0.3 is 5.11 Å². The molecule has 0 aromatic heterocycles. The van der Waals surface area contributed by atoms with Crippen molar-refractivity contribution in [1.29, 1.82) is 5.26 Å². The Kier molecular flexibility index (Phi) is 5.54. The van der Waals surface area contributed by atoms with E-state index in [1.54, 1.807) is 18.2 Å². The summed E-state index contributed by atoms with van der Waals surface area (Å²) in [5.41, 5.74) is -0.0126. The maximum Gasteiger partial charge on any atom is 0.0976 e. The van der Waals surface area contributed by atoms with Gasteiger partial charge in [-0.15, -0.1) is 0 Å². The molecule has 0 radical (unpaired) electrons. The van der Waals surface area contributed by atoms with Gasteiger partial charge in [-0.3, -0.25) is 0 Å². The number of aliphatic hydroxyl groups excluding tert-OH is 1. The number of nitrogens with zero attached hydrogens (tertiary/aromatic N) is 1. The SMILES string of the molecule is CCCC1CCC(C#N)(C(O)c2ccc(Cl)c(Cl)c2)CC1. The smallest absolute Gasteiger partial charge is 0.0976 e. The average Bonchev–Trinajstić information content (AvgIpc) is 2.51. The number of halogens is 2. The van der Waals surface area contributed by atoms with E-state index in [0.29, 0.717) is 21.5 Å². The van der Waals surface area contributed by atoms with E-state index < -0.39 is 11.5 Å². The zero-order valence-corrected chi connectivity index (χ0v) is 13.8. The summed E-state index contributed by atoms with van der Waals surface area (Å²) < 4.78 is 0. The highest BCUT2D eigenvalue weighted by molar-refractivity contribution is 6.42. The molecule has 0 amide bonds. The van der Waals surface area contributed by atoms with Crippen LogP contribution in [0.2, 0.25) is 10.0 Å². The van der Waals surface area contributed by atoms with Crippen molar-refractivity contribution < 1.29 is 5.11 Å². The van der Waals surface area contributed by atoms with Gasteiger partial charge in [0.05, 0.1) is 27.6 Å². The Morgan fingerprint density at radius 3 is 2.52 bits per heavy atom. The third kappa shape index (κ3) is 3.54. The number of hydrogen-bond donors (Lipinski definition) is 1. The molecule has 1 aliphatic carbocycles. The van der Waals surface area contributed by atoms with Crippen LogP contribution in [-0.2, 0) is 0 Å². The normalized spacial score (nSPS) is 27.1. The first-order valence-corrected chi connectivity index (χ1v) is 8.32. The zero-order chi connectivity index (χ0) is 15.5. The maximum atomic E-state index is 10.7. The lowest BCUT2D eigenvalue weighted by Crippen LogP contribution is -2.32. The van der Waals surface area contributed by atoms with Crippen molar-refractivity contribution in [3.8, 4) is 6.07 Å². The molecule has 0 aliphatic heterocycles. The monoisotopic (exact) mass is 325 g/mol. The van der Waals surface area contributed by atoms with Crippen LogP contribution in [0.4, 0.5) is 0 Å². The van der Waals surface area contributed by atoms with Crippen molar-refractivity contribution >= 4 is 23.2 Å². The number of benzene rings is 1. The van der Waals surface area contributed by atoms with Gasteiger partial charge in [0, 0.05) is 0 Å². The summed E-state index contributed by atoms with van der Waals surface area (Å²) >= 11 is 11.9. The molecule has 1 aromatic carbocycles. The van der Waals surface area contributed by atoms with Crippen molar-refractivity contribution in [1.82, 2.24) is 0 Å². The van der Waals surface area contributed by atoms with Crippen LogP contribution in [-0.4, -0.2) is 5.11 Å². The Morgan fingerprint density at radius 1 is 1.33 bits per heavy atom. The third-order valence-corrected chi connectivity index (χ3v) is 5.44. The molecule has 1 saturated carbocycles. The Balaban J connectivity index is 2.17. The lowest BCUT2D eigenvalue weighted by molar-refractivity contribution is 0.0237. The molecule has 1 atom stereocenters. The third-order valence-electron chi connectivity index (χ3n) is 4.70. The summed E-state index contributed by atoms with van der Waals surface area (Å²) in [5, 5.41) is 21.2. The maximum absolute atomic E-state index is 10.7. The molecule has 21 heavy (non-hydrogen) atoms. The molecule has 0 heterocycles. The van der Waals surface area contributed by atoms with Crippen molar-refractivity contribution in [3.63, 3.8) is 0 Å². The van der Waals surface area contributed by atoms with Crippen molar-refractivity contribution in [3.05, 3.63) is 33.8 Å². The minimum atomic E-state index is -0.806. The second kappa shape index (κ2) is 7.01. The van der Waals surface area contributed by atoms with Gasteiger partial charge in [0.15, 0.2) is 0 Å². The number of aliphatic hydroxyl groups is 1. The van der Waals surface area contributed by atoms with E-state index in [2.05, 4.69) is 13.0 Å². The van der Waals surface area contributed by atoms with Gasteiger partial charge in [-0.05, 0) is 49.3 Å². The molecule has 114 valence electrons. The van der Waals surface area contributed by atoms with Crippen LogP contribution in [0, 0.1) is 22.7 Å². The van der Waals surface area contributed by atoms with Crippen molar-refractivity contribution in [2.75, 3.05) is 0 Å². The molecule has 4 heteroatoms. The second-order valence-corrected chi connectivity index (χ2v) is 6.89. The minimum absolute atomic E-state index is 0.418. The van der Waals surface area contributed by atoms with Gasteiger partial charge in [-0.25, -0.2) is 0 Å². The summed E-state index contributed by atoms with van der Waals surface area (Å²) in [6, 6.07) is 7.50. The van der Waals surface area contributed by atoms with Crippen LogP contribution >= 0.6 is 23.2 Å². The summed E-state index contributed by atoms with van der Waals surface area (Å²) in [6.07, 6.45) is 5.11. The Bertz CT molecular complexity index is 530. The van der Waals surface area contributed by atoms with Gasteiger partial charge in [0.25, 0.3) is 0 Å². The molecule has 1 fully saturated rings. The van der Waals surface area contributed by atoms with E-state index in [9.17, 15) is 10.4 Å². The van der Waals surface area contributed by atoms with Gasteiger partial charge in [-0.1, -0.05) is 49.0 Å². The van der Waals surface area contributed by atoms with Crippen molar-refractivity contribution in [2.24, 2.45) is 11.3 Å². The van der Waals surface area contributed by atoms with Crippen LogP contribution in [0.3, 0.4) is 0 Å². The Labute approximate surface area is 136 Å². The first-order chi connectivity index (χ1) is 10.0. The Morgan fingerprint density at radius 2 is 2.00 bits per heavy atom. The highest BCUT2D eigenvalue weighted by Crippen LogP contribution is 2.48. The topological polar surface area (TPSA) is 44.0 Å². The van der Waals surface area contributed by atoms with Crippen LogP contribution in [0.15, 0.2) is 18.2 Å². The molecular formula is C17H21Cl2NO. The van der Waals surface area contributed by atoms with Crippen LogP contribution in [0.1, 0.15) is 57.1 Å². The summed E-state index contributed by atoms with van der Waals surface area (Å²) in [5.74, 6) is 0.692. The molecule has 2 nitrogen and oxygen atoms in total. The number of hydrogen-bond acceptors (Lipinski definition) is 2. The van der Waals surface area contributed by atoms with E-state index in [1.807, 2.05) is 0 Å². The molecule has 0 saturated heterocycles. The number of rotatable bonds is 4. The molecule has 0 spiro atoms. The van der Waals surface area contributed by atoms with E-state index >= 15 is 0 Å². The van der Waals surface area contributed by atoms with E-state index in [4.69, 9.17) is 23.2 Å². The van der Waals surface area contributed by atoms with Gasteiger partial charge >= 0.3 is 0 Å². The predicted molar refractivity (Wildman–Crippen MR) is 86.3 cm³/mol. The van der Waals surface area contributed by atoms with E-state index in [-0.39, 0.29) is 0 Å². The van der Waals surface area contributed by atoms with Crippen molar-refractivity contribution in [2.45, 2.75) is 51.6 Å². The van der Waals surface area contributed by atoms with Gasteiger partial charge in [-0.2, -0.15) is 5.26 Å². The van der Waals surface area contributed by atoms with Gasteiger partial charge in [0.1, 0.15) is 0 Å². The fraction of sp³-hybridized carbons (Fsp3) is 0.588. The largest absolute Gasteiger partial charge is 0.387 e. The van der Waals surface area contributed by atoms with Crippen LogP contribution < -0.4 is 0 Å². The molecule has 0 bridgehead atoms. The first-order valence-electron chi connectivity index (χ1n) is 7.56. The quantitative estimate of drug-likeness (QED) is 0.791. The first kappa shape index (κ1) is 16.6. The van der Waals surface area contributed by atoms with E-state index in [1.165, 1.54) is 12.8 Å². The highest BCUT2D eigenvalue weighted by atomic mass is 35.5. The summed E-state index contributed by atoms with van der Waals surface area (Å²) in [7, 11) is 0. The molecule has 1 aliphatic rings. The molecule has 1 N–H and O–H groups in total. The molecule has 1 aromatic rings. The van der Waals surface area contributed by atoms with Gasteiger partial charge in [0.2, 0.25) is 0 Å². The summed E-state index contributed by atoms with van der Waals surface area (Å²) in [4.78, 5) is 0. The molecule has 2 rings (SSSR count). The number of nitriles is 1. The fourth-order valence-corrected chi connectivity index (χ4v) is 3.64.